The van der Waals surface area contributed by atoms with Crippen molar-refractivity contribution in [3.05, 3.63) is 6.92 Å². The van der Waals surface area contributed by atoms with Gasteiger partial charge >= 0.3 is 6.09 Å². The molecule has 2 amide bonds. The van der Waals surface area contributed by atoms with Gasteiger partial charge in [0.1, 0.15) is 11.6 Å². The number of rotatable bonds is 3. The summed E-state index contributed by atoms with van der Waals surface area (Å²) >= 11 is 0. The van der Waals surface area contributed by atoms with E-state index in [1.54, 1.807) is 20.8 Å². The fraction of sp³-hybridized carbons (Fsp3) is 0.667. The van der Waals surface area contributed by atoms with Gasteiger partial charge in [0.15, 0.2) is 0 Å². The van der Waals surface area contributed by atoms with Gasteiger partial charge in [-0.3, -0.25) is 4.79 Å². The Morgan fingerprint density at radius 3 is 2.29 bits per heavy atom. The van der Waals surface area contributed by atoms with Gasteiger partial charge in [-0.25, -0.2) is 4.79 Å². The zero-order chi connectivity index (χ0) is 11.4. The highest BCUT2D eigenvalue weighted by Crippen LogP contribution is 2.06. The summed E-state index contributed by atoms with van der Waals surface area (Å²) in [5, 5.41) is 2.32. The third-order valence-corrected chi connectivity index (χ3v) is 1.32. The maximum Gasteiger partial charge on any atom is 0.408 e. The van der Waals surface area contributed by atoms with E-state index in [0.717, 1.165) is 0 Å². The van der Waals surface area contributed by atoms with E-state index in [4.69, 9.17) is 10.5 Å². The van der Waals surface area contributed by atoms with Crippen LogP contribution >= 0.6 is 0 Å². The number of amides is 2. The van der Waals surface area contributed by atoms with Gasteiger partial charge in [-0.15, -0.1) is 0 Å². The van der Waals surface area contributed by atoms with Crippen molar-refractivity contribution in [1.82, 2.24) is 5.32 Å². The molecule has 0 saturated carbocycles. The lowest BCUT2D eigenvalue weighted by Crippen LogP contribution is -2.45. The molecule has 0 rings (SSSR count). The van der Waals surface area contributed by atoms with E-state index in [1.807, 2.05) is 0 Å². The second-order valence-electron chi connectivity index (χ2n) is 3.89. The molecule has 5 nitrogen and oxygen atoms in total. The molecule has 0 aromatic rings. The van der Waals surface area contributed by atoms with Crippen LogP contribution in [0.2, 0.25) is 0 Å². The highest BCUT2D eigenvalue weighted by Gasteiger charge is 2.20. The number of hydrogen-bond acceptors (Lipinski definition) is 3. The number of primary amides is 1. The van der Waals surface area contributed by atoms with Gasteiger partial charge in [0.2, 0.25) is 5.91 Å². The van der Waals surface area contributed by atoms with E-state index in [9.17, 15) is 9.59 Å². The van der Waals surface area contributed by atoms with Gasteiger partial charge < -0.3 is 15.8 Å². The molecule has 1 unspecified atom stereocenters. The second kappa shape index (κ2) is 4.83. The normalized spacial score (nSPS) is 13.1. The van der Waals surface area contributed by atoms with Crippen molar-refractivity contribution in [1.29, 1.82) is 0 Å². The van der Waals surface area contributed by atoms with Crippen molar-refractivity contribution in [3.63, 3.8) is 0 Å². The standard InChI is InChI=1S/C9H17N2O3/c1-5-6(7(10)12)11-8(13)14-9(2,3)4/h6H,1,5H2,2-4H3,(H2,10,12)(H,11,13). The minimum absolute atomic E-state index is 0.203. The minimum Gasteiger partial charge on any atom is -0.444 e. The van der Waals surface area contributed by atoms with Crippen LogP contribution in [0.3, 0.4) is 0 Å². The van der Waals surface area contributed by atoms with Gasteiger partial charge in [-0.05, 0) is 27.2 Å². The van der Waals surface area contributed by atoms with Crippen molar-refractivity contribution in [2.45, 2.75) is 38.8 Å². The van der Waals surface area contributed by atoms with Gasteiger partial charge in [0.05, 0.1) is 0 Å². The molecular weight excluding hydrogens is 184 g/mol. The maximum atomic E-state index is 11.2. The molecule has 0 bridgehead atoms. The molecule has 3 N–H and O–H groups in total. The summed E-state index contributed by atoms with van der Waals surface area (Å²) < 4.78 is 4.93. The predicted octanol–water partition coefficient (Wildman–Crippen LogP) is 0.589. The van der Waals surface area contributed by atoms with Crippen LogP contribution < -0.4 is 11.1 Å². The monoisotopic (exact) mass is 201 g/mol. The smallest absolute Gasteiger partial charge is 0.408 e. The quantitative estimate of drug-likeness (QED) is 0.701. The fourth-order valence-corrected chi connectivity index (χ4v) is 0.735. The number of ether oxygens (including phenoxy) is 1. The van der Waals surface area contributed by atoms with E-state index in [2.05, 4.69) is 12.2 Å². The van der Waals surface area contributed by atoms with E-state index >= 15 is 0 Å². The Morgan fingerprint density at radius 1 is 1.50 bits per heavy atom. The average molecular weight is 201 g/mol. The van der Waals surface area contributed by atoms with Gasteiger partial charge in [-0.1, -0.05) is 6.92 Å². The molecule has 81 valence electrons. The summed E-state index contributed by atoms with van der Waals surface area (Å²) in [6, 6.07) is -0.773. The summed E-state index contributed by atoms with van der Waals surface area (Å²) in [5.41, 5.74) is 4.42. The Labute approximate surface area is 84.0 Å². The zero-order valence-electron chi connectivity index (χ0n) is 8.79. The molecule has 0 aromatic heterocycles. The molecule has 0 aliphatic rings. The average Bonchev–Trinajstić information content (AvgIpc) is 1.96. The molecule has 0 aliphatic carbocycles. The Morgan fingerprint density at radius 2 is 2.00 bits per heavy atom. The first kappa shape index (κ1) is 12.7. The van der Waals surface area contributed by atoms with Crippen LogP contribution in [0.4, 0.5) is 4.79 Å². The minimum atomic E-state index is -0.773. The largest absolute Gasteiger partial charge is 0.444 e. The maximum absolute atomic E-state index is 11.2. The first-order chi connectivity index (χ1) is 6.26. The zero-order valence-corrected chi connectivity index (χ0v) is 8.79. The SMILES string of the molecule is [CH2]CC(NC(=O)OC(C)(C)C)C(N)=O. The Bertz CT molecular complexity index is 221. The fourth-order valence-electron chi connectivity index (χ4n) is 0.735. The van der Waals surface area contributed by atoms with Crippen LogP contribution in [0.5, 0.6) is 0 Å². The number of carbonyl (C=O) groups excluding carboxylic acids is 2. The molecule has 0 spiro atoms. The number of hydrogen-bond donors (Lipinski definition) is 2. The molecule has 0 heterocycles. The highest BCUT2D eigenvalue weighted by molar-refractivity contribution is 5.84. The van der Waals surface area contributed by atoms with Crippen LogP contribution in [-0.4, -0.2) is 23.6 Å². The van der Waals surface area contributed by atoms with Crippen molar-refractivity contribution in [2.75, 3.05) is 0 Å². The number of alkyl carbamates (subject to hydrolysis) is 1. The lowest BCUT2D eigenvalue weighted by molar-refractivity contribution is -0.120. The molecule has 1 radical (unpaired) electrons. The van der Waals surface area contributed by atoms with Crippen molar-refractivity contribution >= 4 is 12.0 Å². The Kier molecular flexibility index (Phi) is 4.40. The van der Waals surface area contributed by atoms with Crippen LogP contribution in [0.1, 0.15) is 27.2 Å². The summed E-state index contributed by atoms with van der Waals surface area (Å²) in [6.07, 6.45) is -0.459. The van der Waals surface area contributed by atoms with E-state index in [1.165, 1.54) is 0 Å². The van der Waals surface area contributed by atoms with E-state index < -0.39 is 23.6 Å². The lowest BCUT2D eigenvalue weighted by atomic mass is 10.2. The Balaban J connectivity index is 4.11. The molecule has 0 aliphatic heterocycles. The molecule has 14 heavy (non-hydrogen) atoms. The third-order valence-electron chi connectivity index (χ3n) is 1.32. The van der Waals surface area contributed by atoms with Crippen LogP contribution in [0, 0.1) is 6.92 Å². The second-order valence-corrected chi connectivity index (χ2v) is 3.89. The molecule has 5 heteroatoms. The van der Waals surface area contributed by atoms with Crippen molar-refractivity contribution in [2.24, 2.45) is 5.73 Å². The molecular formula is C9H17N2O3. The predicted molar refractivity (Wildman–Crippen MR) is 52.3 cm³/mol. The van der Waals surface area contributed by atoms with Gasteiger partial charge in [0, 0.05) is 0 Å². The van der Waals surface area contributed by atoms with Crippen LogP contribution in [0.25, 0.3) is 0 Å². The number of carbonyl (C=O) groups is 2. The molecule has 0 saturated heterocycles. The topological polar surface area (TPSA) is 81.4 Å². The van der Waals surface area contributed by atoms with Crippen LogP contribution in [0.15, 0.2) is 0 Å². The first-order valence-electron chi connectivity index (χ1n) is 4.34. The Hall–Kier alpha value is -1.26. The summed E-state index contributed by atoms with van der Waals surface area (Å²) in [7, 11) is 0. The first-order valence-corrected chi connectivity index (χ1v) is 4.34. The van der Waals surface area contributed by atoms with E-state index in [0.29, 0.717) is 0 Å². The van der Waals surface area contributed by atoms with Gasteiger partial charge in [-0.2, -0.15) is 0 Å². The molecule has 1 atom stereocenters. The van der Waals surface area contributed by atoms with Gasteiger partial charge in [0.25, 0.3) is 0 Å². The number of nitrogens with two attached hydrogens (primary N) is 1. The third kappa shape index (κ3) is 5.40. The van der Waals surface area contributed by atoms with Crippen molar-refractivity contribution in [3.8, 4) is 0 Å². The summed E-state index contributed by atoms with van der Waals surface area (Å²) in [5.74, 6) is -0.620. The highest BCUT2D eigenvalue weighted by atomic mass is 16.6. The summed E-state index contributed by atoms with van der Waals surface area (Å²) in [4.78, 5) is 21.9. The van der Waals surface area contributed by atoms with Crippen LogP contribution in [-0.2, 0) is 9.53 Å². The number of nitrogens with one attached hydrogen (secondary N) is 1. The van der Waals surface area contributed by atoms with Crippen molar-refractivity contribution < 1.29 is 14.3 Å². The molecule has 0 fully saturated rings. The molecule has 0 aromatic carbocycles. The summed E-state index contributed by atoms with van der Waals surface area (Å²) in [6.45, 7) is 8.68. The lowest BCUT2D eigenvalue weighted by Gasteiger charge is -2.21. The van der Waals surface area contributed by atoms with E-state index in [-0.39, 0.29) is 6.42 Å².